The molecule has 0 saturated heterocycles. The zero-order chi connectivity index (χ0) is 14.8. The van der Waals surface area contributed by atoms with E-state index in [0.29, 0.717) is 4.34 Å². The summed E-state index contributed by atoms with van der Waals surface area (Å²) in [5, 5.41) is 9.59. The van der Waals surface area contributed by atoms with Crippen LogP contribution in [0.2, 0.25) is 8.67 Å². The number of nitrogens with one attached hydrogen (secondary N) is 1. The number of aliphatic hydroxyl groups excluding tert-OH is 1. The van der Waals surface area contributed by atoms with Gasteiger partial charge in [-0.3, -0.25) is 0 Å². The summed E-state index contributed by atoms with van der Waals surface area (Å²) in [5.41, 5.74) is -0.350. The van der Waals surface area contributed by atoms with Crippen LogP contribution < -0.4 is 4.72 Å². The minimum Gasteiger partial charge on any atom is -0.396 e. The highest BCUT2D eigenvalue weighted by Crippen LogP contribution is 2.37. The normalized spacial score (nSPS) is 19.1. The number of halogens is 2. The Labute approximate surface area is 133 Å². The second kappa shape index (κ2) is 6.50. The maximum Gasteiger partial charge on any atom is 0.242 e. The largest absolute Gasteiger partial charge is 0.396 e. The standard InChI is InChI=1S/C12H17Cl2NO3S2/c13-10-6-9(11(14)19-10)20(17,18)15-7-12(8-16)4-2-1-3-5-12/h6,15-16H,1-5,7-8H2. The molecule has 0 atom stereocenters. The monoisotopic (exact) mass is 357 g/mol. The van der Waals surface area contributed by atoms with Gasteiger partial charge < -0.3 is 5.11 Å². The highest BCUT2D eigenvalue weighted by Gasteiger charge is 2.33. The number of rotatable bonds is 5. The SMILES string of the molecule is O=S(=O)(NCC1(CO)CCCCC1)c1cc(Cl)sc1Cl. The minimum absolute atomic E-state index is 0.00630. The van der Waals surface area contributed by atoms with E-state index in [1.54, 1.807) is 0 Å². The average Bonchev–Trinajstić information content (AvgIpc) is 2.78. The molecule has 4 nitrogen and oxygen atoms in total. The lowest BCUT2D eigenvalue weighted by Crippen LogP contribution is -2.41. The van der Waals surface area contributed by atoms with Crippen molar-refractivity contribution in [2.75, 3.05) is 13.2 Å². The molecule has 0 amide bonds. The van der Waals surface area contributed by atoms with Gasteiger partial charge in [0.05, 0.1) is 4.34 Å². The van der Waals surface area contributed by atoms with Crippen molar-refractivity contribution < 1.29 is 13.5 Å². The zero-order valence-corrected chi connectivity index (χ0v) is 14.0. The summed E-state index contributed by atoms with van der Waals surface area (Å²) < 4.78 is 27.5. The Kier molecular flexibility index (Phi) is 5.37. The fourth-order valence-corrected chi connectivity index (χ4v) is 5.83. The molecule has 1 aromatic rings. The Balaban J connectivity index is 2.10. The van der Waals surface area contributed by atoms with E-state index < -0.39 is 10.0 Å². The molecule has 0 aromatic carbocycles. The molecule has 2 N–H and O–H groups in total. The molecule has 8 heteroatoms. The van der Waals surface area contributed by atoms with E-state index in [9.17, 15) is 13.5 Å². The van der Waals surface area contributed by atoms with Gasteiger partial charge in [-0.2, -0.15) is 0 Å². The van der Waals surface area contributed by atoms with Crippen LogP contribution in [0.15, 0.2) is 11.0 Å². The van der Waals surface area contributed by atoms with Gasteiger partial charge in [-0.1, -0.05) is 42.5 Å². The lowest BCUT2D eigenvalue weighted by Gasteiger charge is -2.35. The molecule has 0 radical (unpaired) electrons. The van der Waals surface area contributed by atoms with Crippen LogP contribution in [-0.4, -0.2) is 26.7 Å². The highest BCUT2D eigenvalue weighted by molar-refractivity contribution is 7.89. The predicted octanol–water partition coefficient (Wildman–Crippen LogP) is 3.28. The van der Waals surface area contributed by atoms with Crippen molar-refractivity contribution in [1.82, 2.24) is 4.72 Å². The summed E-state index contributed by atoms with van der Waals surface area (Å²) in [7, 11) is -3.68. The lowest BCUT2D eigenvalue weighted by atomic mass is 9.75. The Hall–Kier alpha value is 0.150. The fourth-order valence-electron chi connectivity index (χ4n) is 2.53. The summed E-state index contributed by atoms with van der Waals surface area (Å²) in [6.07, 6.45) is 4.86. The van der Waals surface area contributed by atoms with Crippen LogP contribution >= 0.6 is 34.5 Å². The van der Waals surface area contributed by atoms with E-state index >= 15 is 0 Å². The van der Waals surface area contributed by atoms with E-state index in [1.807, 2.05) is 0 Å². The van der Waals surface area contributed by atoms with Gasteiger partial charge in [0.15, 0.2) is 0 Å². The number of thiophene rings is 1. The molecular formula is C12H17Cl2NO3S2. The summed E-state index contributed by atoms with van der Waals surface area (Å²) in [6, 6.07) is 1.35. The topological polar surface area (TPSA) is 66.4 Å². The molecule has 1 aromatic heterocycles. The van der Waals surface area contributed by atoms with Crippen molar-refractivity contribution in [2.45, 2.75) is 37.0 Å². The van der Waals surface area contributed by atoms with E-state index in [0.717, 1.165) is 43.4 Å². The molecule has 0 unspecified atom stereocenters. The molecule has 1 fully saturated rings. The summed E-state index contributed by atoms with van der Waals surface area (Å²) in [4.78, 5) is 0.0121. The first kappa shape index (κ1) is 16.5. The molecule has 1 aliphatic carbocycles. The van der Waals surface area contributed by atoms with Crippen molar-refractivity contribution in [3.05, 3.63) is 14.7 Å². The molecule has 0 aliphatic heterocycles. The van der Waals surface area contributed by atoms with Crippen LogP contribution in [0.4, 0.5) is 0 Å². The summed E-state index contributed by atoms with van der Waals surface area (Å²) in [5.74, 6) is 0. The first-order valence-corrected chi connectivity index (χ1v) is 9.49. The second-order valence-electron chi connectivity index (χ2n) is 5.23. The van der Waals surface area contributed by atoms with Crippen LogP contribution in [0, 0.1) is 5.41 Å². The lowest BCUT2D eigenvalue weighted by molar-refractivity contribution is 0.0867. The number of aliphatic hydroxyl groups is 1. The van der Waals surface area contributed by atoms with Crippen molar-refractivity contribution in [3.8, 4) is 0 Å². The van der Waals surface area contributed by atoms with Gasteiger partial charge in [-0.15, -0.1) is 11.3 Å². The maximum atomic E-state index is 12.2. The van der Waals surface area contributed by atoms with E-state index in [4.69, 9.17) is 23.2 Å². The molecule has 20 heavy (non-hydrogen) atoms. The minimum atomic E-state index is -3.68. The Morgan fingerprint density at radius 3 is 2.45 bits per heavy atom. The van der Waals surface area contributed by atoms with Crippen molar-refractivity contribution >= 4 is 44.6 Å². The van der Waals surface area contributed by atoms with Gasteiger partial charge in [-0.25, -0.2) is 13.1 Å². The molecule has 1 heterocycles. The predicted molar refractivity (Wildman–Crippen MR) is 82.1 cm³/mol. The number of hydrogen-bond acceptors (Lipinski definition) is 4. The Bertz CT molecular complexity index is 565. The molecule has 1 aliphatic rings. The van der Waals surface area contributed by atoms with Crippen molar-refractivity contribution in [2.24, 2.45) is 5.41 Å². The van der Waals surface area contributed by atoms with Gasteiger partial charge in [0.2, 0.25) is 10.0 Å². The first-order valence-electron chi connectivity index (χ1n) is 6.44. The van der Waals surface area contributed by atoms with Crippen LogP contribution in [0.3, 0.4) is 0 Å². The van der Waals surface area contributed by atoms with Gasteiger partial charge in [0.25, 0.3) is 0 Å². The third kappa shape index (κ3) is 3.67. The molecule has 114 valence electrons. The van der Waals surface area contributed by atoms with E-state index in [-0.39, 0.29) is 27.8 Å². The third-order valence-electron chi connectivity index (χ3n) is 3.80. The molecule has 2 rings (SSSR count). The summed E-state index contributed by atoms with van der Waals surface area (Å²) >= 11 is 12.7. The quantitative estimate of drug-likeness (QED) is 0.849. The third-order valence-corrected chi connectivity index (χ3v) is 6.96. The van der Waals surface area contributed by atoms with Gasteiger partial charge in [-0.05, 0) is 18.9 Å². The van der Waals surface area contributed by atoms with E-state index in [2.05, 4.69) is 4.72 Å². The highest BCUT2D eigenvalue weighted by atomic mass is 35.5. The van der Waals surface area contributed by atoms with Crippen molar-refractivity contribution in [3.63, 3.8) is 0 Å². The fraction of sp³-hybridized carbons (Fsp3) is 0.667. The van der Waals surface area contributed by atoms with Crippen LogP contribution in [-0.2, 0) is 10.0 Å². The zero-order valence-electron chi connectivity index (χ0n) is 10.9. The first-order chi connectivity index (χ1) is 9.38. The van der Waals surface area contributed by atoms with Gasteiger partial charge >= 0.3 is 0 Å². The van der Waals surface area contributed by atoms with Crippen molar-refractivity contribution in [1.29, 1.82) is 0 Å². The van der Waals surface area contributed by atoms with Gasteiger partial charge in [0.1, 0.15) is 9.23 Å². The Morgan fingerprint density at radius 2 is 1.95 bits per heavy atom. The number of sulfonamides is 1. The van der Waals surface area contributed by atoms with E-state index in [1.165, 1.54) is 6.07 Å². The average molecular weight is 358 g/mol. The molecular weight excluding hydrogens is 341 g/mol. The maximum absolute atomic E-state index is 12.2. The molecule has 1 saturated carbocycles. The number of hydrogen-bond donors (Lipinski definition) is 2. The summed E-state index contributed by atoms with van der Waals surface area (Å²) in [6.45, 7) is 0.225. The molecule has 0 spiro atoms. The van der Waals surface area contributed by atoms with Crippen LogP contribution in [0.5, 0.6) is 0 Å². The molecule has 0 bridgehead atoms. The smallest absolute Gasteiger partial charge is 0.242 e. The Morgan fingerprint density at radius 1 is 1.30 bits per heavy atom. The second-order valence-corrected chi connectivity index (χ2v) is 9.25. The van der Waals surface area contributed by atoms with Crippen LogP contribution in [0.1, 0.15) is 32.1 Å². The van der Waals surface area contributed by atoms with Crippen LogP contribution in [0.25, 0.3) is 0 Å². The van der Waals surface area contributed by atoms with Gasteiger partial charge in [0, 0.05) is 18.6 Å².